The third kappa shape index (κ3) is 2.22. The van der Waals surface area contributed by atoms with E-state index in [4.69, 9.17) is 10.8 Å². The Labute approximate surface area is 104 Å². The summed E-state index contributed by atoms with van der Waals surface area (Å²) >= 11 is 0. The molecule has 3 heteroatoms. The van der Waals surface area contributed by atoms with E-state index in [9.17, 15) is 0 Å². The Morgan fingerprint density at radius 3 is 2.76 bits per heavy atom. The van der Waals surface area contributed by atoms with E-state index in [2.05, 4.69) is 4.98 Å². The van der Waals surface area contributed by atoms with Gasteiger partial charge in [-0.05, 0) is 43.4 Å². The summed E-state index contributed by atoms with van der Waals surface area (Å²) in [5, 5.41) is 0. The second-order valence-electron chi connectivity index (χ2n) is 4.99. The maximum Gasteiger partial charge on any atom is 0.168 e. The van der Waals surface area contributed by atoms with Gasteiger partial charge < -0.3 is 9.47 Å². The van der Waals surface area contributed by atoms with E-state index in [1.54, 1.807) is 0 Å². The van der Waals surface area contributed by atoms with Gasteiger partial charge in [-0.1, -0.05) is 0 Å². The molecule has 17 heavy (non-hydrogen) atoms. The summed E-state index contributed by atoms with van der Waals surface area (Å²) in [7, 11) is 0. The SMILES string of the molecule is [2H]c1c(C2CCC3(CC2)OCCO3)ccnc1C. The summed E-state index contributed by atoms with van der Waals surface area (Å²) in [5.41, 5.74) is 1.96. The van der Waals surface area contributed by atoms with Crippen molar-refractivity contribution in [1.82, 2.24) is 4.98 Å². The smallest absolute Gasteiger partial charge is 0.168 e. The zero-order chi connectivity index (χ0) is 12.6. The van der Waals surface area contributed by atoms with E-state index in [0.717, 1.165) is 50.2 Å². The fourth-order valence-electron chi connectivity index (χ4n) is 2.90. The van der Waals surface area contributed by atoms with Crippen LogP contribution in [0.2, 0.25) is 0 Å². The number of aryl methyl sites for hydroxylation is 1. The lowest BCUT2D eigenvalue weighted by Crippen LogP contribution is -2.34. The summed E-state index contributed by atoms with van der Waals surface area (Å²) < 4.78 is 19.6. The molecule has 0 unspecified atom stereocenters. The highest BCUT2D eigenvalue weighted by atomic mass is 16.7. The van der Waals surface area contributed by atoms with Crippen molar-refractivity contribution < 1.29 is 10.8 Å². The van der Waals surface area contributed by atoms with Crippen molar-refractivity contribution >= 4 is 0 Å². The molecule has 0 aromatic carbocycles. The highest BCUT2D eigenvalue weighted by molar-refractivity contribution is 5.20. The summed E-state index contributed by atoms with van der Waals surface area (Å²) in [6.07, 6.45) is 5.78. The molecule has 2 heterocycles. The molecule has 1 aromatic heterocycles. The topological polar surface area (TPSA) is 31.4 Å². The van der Waals surface area contributed by atoms with E-state index in [1.165, 1.54) is 0 Å². The average molecular weight is 234 g/mol. The minimum atomic E-state index is -0.305. The van der Waals surface area contributed by atoms with Gasteiger partial charge in [0.05, 0.1) is 14.6 Å². The van der Waals surface area contributed by atoms with Gasteiger partial charge in [0.2, 0.25) is 0 Å². The number of nitrogens with zero attached hydrogens (tertiary/aromatic N) is 1. The maximum absolute atomic E-state index is 8.11. The van der Waals surface area contributed by atoms with Gasteiger partial charge >= 0.3 is 0 Å². The quantitative estimate of drug-likeness (QED) is 0.748. The molecule has 3 rings (SSSR count). The lowest BCUT2D eigenvalue weighted by Gasteiger charge is -2.35. The molecule has 1 saturated carbocycles. The first-order valence-corrected chi connectivity index (χ1v) is 6.40. The molecular formula is C14H19NO2. The highest BCUT2D eigenvalue weighted by Crippen LogP contribution is 2.42. The first-order chi connectivity index (χ1) is 8.70. The van der Waals surface area contributed by atoms with E-state index in [-0.39, 0.29) is 5.79 Å². The summed E-state index contributed by atoms with van der Waals surface area (Å²) in [6, 6.07) is 2.60. The Balaban J connectivity index is 1.74. The van der Waals surface area contributed by atoms with Crippen LogP contribution in [0.4, 0.5) is 0 Å². The van der Waals surface area contributed by atoms with Crippen LogP contribution in [0.3, 0.4) is 0 Å². The number of hydrogen-bond acceptors (Lipinski definition) is 3. The van der Waals surface area contributed by atoms with Crippen molar-refractivity contribution in [3.05, 3.63) is 29.6 Å². The summed E-state index contributed by atoms with van der Waals surface area (Å²) in [5.74, 6) is 0.151. The molecule has 1 aliphatic carbocycles. The van der Waals surface area contributed by atoms with Crippen LogP contribution in [0.5, 0.6) is 0 Å². The molecule has 92 valence electrons. The minimum absolute atomic E-state index is 0.305. The van der Waals surface area contributed by atoms with Crippen LogP contribution in [0.15, 0.2) is 18.3 Å². The van der Waals surface area contributed by atoms with Crippen LogP contribution in [0.1, 0.15) is 44.2 Å². The second-order valence-corrected chi connectivity index (χ2v) is 4.99. The van der Waals surface area contributed by atoms with Gasteiger partial charge in [0, 0.05) is 24.7 Å². The zero-order valence-electron chi connectivity index (χ0n) is 11.2. The zero-order valence-corrected chi connectivity index (χ0v) is 10.2. The van der Waals surface area contributed by atoms with Crippen molar-refractivity contribution in [2.24, 2.45) is 0 Å². The minimum Gasteiger partial charge on any atom is -0.348 e. The molecule has 1 saturated heterocycles. The molecule has 0 radical (unpaired) electrons. The highest BCUT2D eigenvalue weighted by Gasteiger charge is 2.40. The van der Waals surface area contributed by atoms with Crippen LogP contribution in [-0.4, -0.2) is 24.0 Å². The van der Waals surface area contributed by atoms with Crippen molar-refractivity contribution in [2.45, 2.75) is 44.3 Å². The molecule has 0 bridgehead atoms. The Morgan fingerprint density at radius 1 is 1.35 bits per heavy atom. The van der Waals surface area contributed by atoms with Crippen LogP contribution >= 0.6 is 0 Å². The molecule has 2 fully saturated rings. The van der Waals surface area contributed by atoms with Gasteiger partial charge in [-0.25, -0.2) is 0 Å². The molecule has 0 atom stereocenters. The van der Waals surface area contributed by atoms with Crippen LogP contribution in [-0.2, 0) is 9.47 Å². The third-order valence-electron chi connectivity index (χ3n) is 3.85. The van der Waals surface area contributed by atoms with Gasteiger partial charge in [0.15, 0.2) is 5.79 Å². The fourth-order valence-corrected chi connectivity index (χ4v) is 2.90. The lowest BCUT2D eigenvalue weighted by molar-refractivity contribution is -0.178. The van der Waals surface area contributed by atoms with Crippen molar-refractivity contribution in [1.29, 1.82) is 0 Å². The fraction of sp³-hybridized carbons (Fsp3) is 0.643. The predicted octanol–water partition coefficient (Wildman–Crippen LogP) is 2.79. The number of aromatic nitrogens is 1. The Kier molecular flexibility index (Phi) is 2.59. The first-order valence-electron chi connectivity index (χ1n) is 6.90. The number of hydrogen-bond donors (Lipinski definition) is 0. The van der Waals surface area contributed by atoms with Gasteiger partial charge in [0.25, 0.3) is 0 Å². The van der Waals surface area contributed by atoms with Crippen LogP contribution in [0, 0.1) is 6.92 Å². The standard InChI is InChI=1S/C14H19NO2/c1-11-10-13(4-7-15-11)12-2-5-14(6-3-12)16-8-9-17-14/h4,7,10,12H,2-3,5-6,8-9H2,1H3/i10D. The molecule has 1 aliphatic heterocycles. The van der Waals surface area contributed by atoms with Gasteiger partial charge in [0.1, 0.15) is 0 Å². The normalized spacial score (nSPS) is 25.1. The third-order valence-corrected chi connectivity index (χ3v) is 3.85. The largest absolute Gasteiger partial charge is 0.348 e. The van der Waals surface area contributed by atoms with Crippen molar-refractivity contribution in [3.63, 3.8) is 0 Å². The van der Waals surface area contributed by atoms with E-state index >= 15 is 0 Å². The first kappa shape index (κ1) is 10.0. The number of rotatable bonds is 1. The van der Waals surface area contributed by atoms with Gasteiger partial charge in [-0.2, -0.15) is 0 Å². The monoisotopic (exact) mass is 234 g/mol. The average Bonchev–Trinajstić information content (AvgIpc) is 2.83. The Bertz CT molecular complexity index is 433. The summed E-state index contributed by atoms with van der Waals surface area (Å²) in [4.78, 5) is 4.17. The molecule has 1 aromatic rings. The van der Waals surface area contributed by atoms with E-state index in [0.29, 0.717) is 12.0 Å². The van der Waals surface area contributed by atoms with E-state index in [1.807, 2.05) is 19.2 Å². The Hall–Kier alpha value is -0.930. The molecule has 2 aliphatic rings. The lowest BCUT2D eigenvalue weighted by atomic mass is 9.81. The predicted molar refractivity (Wildman–Crippen MR) is 64.8 cm³/mol. The number of pyridine rings is 1. The Morgan fingerprint density at radius 2 is 2.06 bits per heavy atom. The molecule has 1 spiro atoms. The maximum atomic E-state index is 8.11. The van der Waals surface area contributed by atoms with Crippen molar-refractivity contribution in [3.8, 4) is 0 Å². The van der Waals surface area contributed by atoms with Crippen LogP contribution < -0.4 is 0 Å². The van der Waals surface area contributed by atoms with Crippen molar-refractivity contribution in [2.75, 3.05) is 13.2 Å². The molecule has 3 nitrogen and oxygen atoms in total. The van der Waals surface area contributed by atoms with Gasteiger partial charge in [-0.15, -0.1) is 0 Å². The van der Waals surface area contributed by atoms with E-state index < -0.39 is 0 Å². The molecule has 0 N–H and O–H groups in total. The summed E-state index contributed by atoms with van der Waals surface area (Å²) in [6.45, 7) is 3.35. The second kappa shape index (κ2) is 4.39. The molecule has 0 amide bonds. The van der Waals surface area contributed by atoms with Crippen LogP contribution in [0.25, 0.3) is 0 Å². The molecular weight excluding hydrogens is 214 g/mol. The number of ether oxygens (including phenoxy) is 2. The van der Waals surface area contributed by atoms with Gasteiger partial charge in [-0.3, -0.25) is 4.98 Å².